The monoisotopic (exact) mass is 513 g/mol. The van der Waals surface area contributed by atoms with Crippen molar-refractivity contribution in [1.82, 2.24) is 4.98 Å². The first-order valence-electron chi connectivity index (χ1n) is 10.3. The lowest BCUT2D eigenvalue weighted by Gasteiger charge is -2.41. The number of rotatable bonds is 6. The van der Waals surface area contributed by atoms with Crippen LogP contribution in [0.5, 0.6) is 11.5 Å². The second kappa shape index (κ2) is 8.44. The van der Waals surface area contributed by atoms with Gasteiger partial charge in [0.1, 0.15) is 17.6 Å². The second-order valence-electron chi connectivity index (χ2n) is 8.05. The van der Waals surface area contributed by atoms with Gasteiger partial charge >= 0.3 is 5.97 Å². The van der Waals surface area contributed by atoms with Gasteiger partial charge in [0.25, 0.3) is 0 Å². The molecule has 8 heteroatoms. The van der Waals surface area contributed by atoms with Gasteiger partial charge in [-0.1, -0.05) is 65.0 Å². The number of carbonyl (C=O) groups is 1. The zero-order valence-electron chi connectivity index (χ0n) is 18.1. The molecule has 7 nitrogen and oxygen atoms in total. The largest absolute Gasteiger partial charge is 0.495 e. The highest BCUT2D eigenvalue weighted by molar-refractivity contribution is 9.11. The number of aliphatic hydroxyl groups excluding tert-OH is 1. The summed E-state index contributed by atoms with van der Waals surface area (Å²) < 4.78 is 12.6. The fourth-order valence-corrected chi connectivity index (χ4v) is 5.25. The maximum Gasteiger partial charge on any atom is 0.310 e. The maximum absolute atomic E-state index is 12.5. The third-order valence-corrected chi connectivity index (χ3v) is 7.24. The number of pyridine rings is 1. The Bertz CT molecular complexity index is 1160. The molecule has 2 heterocycles. The van der Waals surface area contributed by atoms with Crippen LogP contribution in [-0.4, -0.2) is 45.1 Å². The first-order valence-corrected chi connectivity index (χ1v) is 11.1. The van der Waals surface area contributed by atoms with E-state index in [1.54, 1.807) is 42.5 Å². The van der Waals surface area contributed by atoms with E-state index in [-0.39, 0.29) is 17.1 Å². The van der Waals surface area contributed by atoms with Gasteiger partial charge in [0.2, 0.25) is 0 Å². The lowest BCUT2D eigenvalue weighted by atomic mass is 9.70. The molecule has 0 bridgehead atoms. The zero-order valence-corrected chi connectivity index (χ0v) is 19.7. The summed E-state index contributed by atoms with van der Waals surface area (Å²) in [5.41, 5.74) is -2.90. The Labute approximate surface area is 199 Å². The molecule has 0 unspecified atom stereocenters. The summed E-state index contributed by atoms with van der Waals surface area (Å²) in [6, 6.07) is 8.84. The van der Waals surface area contributed by atoms with E-state index in [2.05, 4.69) is 27.5 Å². The molecule has 172 valence electrons. The fraction of sp³-hybridized carbons (Fsp3) is 0.280. The van der Waals surface area contributed by atoms with Crippen molar-refractivity contribution in [2.24, 2.45) is 5.92 Å². The number of methoxy groups -OCH3 is 1. The minimum Gasteiger partial charge on any atom is -0.495 e. The number of benzene rings is 1. The lowest BCUT2D eigenvalue weighted by Crippen LogP contribution is -2.55. The van der Waals surface area contributed by atoms with Gasteiger partial charge in [-0.3, -0.25) is 9.78 Å². The second-order valence-corrected chi connectivity index (χ2v) is 8.96. The van der Waals surface area contributed by atoms with Crippen LogP contribution in [0.3, 0.4) is 0 Å². The molecule has 33 heavy (non-hydrogen) atoms. The Morgan fingerprint density at radius 2 is 1.97 bits per heavy atom. The van der Waals surface area contributed by atoms with Crippen LogP contribution in [-0.2, 0) is 10.4 Å². The summed E-state index contributed by atoms with van der Waals surface area (Å²) >= 11 is 3.41. The van der Waals surface area contributed by atoms with Gasteiger partial charge < -0.3 is 24.8 Å². The van der Waals surface area contributed by atoms with Crippen molar-refractivity contribution in [1.29, 1.82) is 0 Å². The first kappa shape index (κ1) is 23.2. The Morgan fingerprint density at radius 3 is 2.58 bits per heavy atom. The lowest BCUT2D eigenvalue weighted by molar-refractivity contribution is -0.153. The SMILES string of the molecule is C=C(/C=C\C(Br)=C/C)[C@@]12Oc3cncc(OC)c3[C@]1(O)[C@H](O)[C@H](C(=O)O)[C@H]2c1ccccc1. The molecule has 1 aliphatic carbocycles. The van der Waals surface area contributed by atoms with Gasteiger partial charge in [0.15, 0.2) is 11.2 Å². The minimum absolute atomic E-state index is 0.150. The third-order valence-electron chi connectivity index (χ3n) is 6.52. The third kappa shape index (κ3) is 3.16. The van der Waals surface area contributed by atoms with E-state index in [9.17, 15) is 20.1 Å². The van der Waals surface area contributed by atoms with Crippen LogP contribution in [0.15, 0.2) is 77.6 Å². The Hall–Kier alpha value is -2.94. The molecule has 0 saturated heterocycles. The maximum atomic E-state index is 12.5. The van der Waals surface area contributed by atoms with Gasteiger partial charge in [0, 0.05) is 10.4 Å². The molecule has 2 aliphatic rings. The van der Waals surface area contributed by atoms with Crippen molar-refractivity contribution in [2.45, 2.75) is 30.1 Å². The highest BCUT2D eigenvalue weighted by Gasteiger charge is 2.78. The van der Waals surface area contributed by atoms with Crippen molar-refractivity contribution in [3.05, 3.63) is 88.7 Å². The molecule has 0 amide bonds. The smallest absolute Gasteiger partial charge is 0.310 e. The van der Waals surface area contributed by atoms with Crippen LogP contribution in [0.4, 0.5) is 0 Å². The Morgan fingerprint density at radius 1 is 1.27 bits per heavy atom. The number of allylic oxidation sites excluding steroid dienone is 3. The number of aromatic nitrogens is 1. The number of aliphatic hydroxyl groups is 2. The summed E-state index contributed by atoms with van der Waals surface area (Å²) in [7, 11) is 1.41. The van der Waals surface area contributed by atoms with E-state index in [1.165, 1.54) is 19.5 Å². The quantitative estimate of drug-likeness (QED) is 0.505. The molecular formula is C25H24BrNO6. The molecule has 1 fully saturated rings. The summed E-state index contributed by atoms with van der Waals surface area (Å²) in [6.07, 6.45) is 6.27. The van der Waals surface area contributed by atoms with Crippen LogP contribution in [0.2, 0.25) is 0 Å². The number of ether oxygens (including phenoxy) is 2. The predicted molar refractivity (Wildman–Crippen MR) is 125 cm³/mol. The average molecular weight is 514 g/mol. The van der Waals surface area contributed by atoms with E-state index in [4.69, 9.17) is 9.47 Å². The molecule has 1 saturated carbocycles. The predicted octanol–water partition coefficient (Wildman–Crippen LogP) is 3.68. The van der Waals surface area contributed by atoms with E-state index in [0.717, 1.165) is 4.48 Å². The molecule has 0 spiro atoms. The number of carboxylic acid groups (broad SMARTS) is 1. The molecule has 4 rings (SSSR count). The Kier molecular flexibility index (Phi) is 5.94. The normalized spacial score (nSPS) is 30.6. The van der Waals surface area contributed by atoms with Gasteiger partial charge in [-0.25, -0.2) is 0 Å². The number of aliphatic carboxylic acids is 1. The highest BCUT2D eigenvalue weighted by atomic mass is 79.9. The van der Waals surface area contributed by atoms with Crippen molar-refractivity contribution in [3.8, 4) is 11.5 Å². The summed E-state index contributed by atoms with van der Waals surface area (Å²) in [4.78, 5) is 16.6. The van der Waals surface area contributed by atoms with E-state index in [0.29, 0.717) is 11.1 Å². The summed E-state index contributed by atoms with van der Waals surface area (Å²) in [6.45, 7) is 6.02. The van der Waals surface area contributed by atoms with Crippen LogP contribution >= 0.6 is 15.9 Å². The minimum atomic E-state index is -2.18. The van der Waals surface area contributed by atoms with Gasteiger partial charge in [-0.15, -0.1) is 0 Å². The van der Waals surface area contributed by atoms with Crippen LogP contribution < -0.4 is 9.47 Å². The number of carboxylic acids is 1. The topological polar surface area (TPSA) is 109 Å². The van der Waals surface area contributed by atoms with Crippen molar-refractivity contribution in [2.75, 3.05) is 7.11 Å². The van der Waals surface area contributed by atoms with Gasteiger partial charge in [-0.05, 0) is 24.1 Å². The molecule has 0 radical (unpaired) electrons. The van der Waals surface area contributed by atoms with Crippen LogP contribution in [0, 0.1) is 5.92 Å². The molecule has 2 aromatic rings. The summed E-state index contributed by atoms with van der Waals surface area (Å²) in [5.74, 6) is -3.25. The number of hydrogen-bond donors (Lipinski definition) is 3. The highest BCUT2D eigenvalue weighted by Crippen LogP contribution is 2.67. The molecule has 3 N–H and O–H groups in total. The number of hydrogen-bond acceptors (Lipinski definition) is 6. The van der Waals surface area contributed by atoms with Crippen molar-refractivity contribution < 1.29 is 29.6 Å². The standard InChI is InChI=1S/C25H24BrNO6/c1-4-16(26)11-10-14(2)25-20(15-8-6-5-7-9-15)19(23(29)30)22(28)24(25,31)21-17(32-3)12-27-13-18(21)33-25/h4-13,19-20,22,28,31H,2H2,1,3H3,(H,29,30)/b11-10-,16-4+/t19-,20-,22-,24+,25+/m1/s1. The van der Waals surface area contributed by atoms with E-state index in [1.807, 2.05) is 13.0 Å². The molecule has 1 aromatic carbocycles. The van der Waals surface area contributed by atoms with E-state index < -0.39 is 35.1 Å². The number of halogens is 1. The van der Waals surface area contributed by atoms with Crippen molar-refractivity contribution >= 4 is 21.9 Å². The zero-order chi connectivity index (χ0) is 24.0. The van der Waals surface area contributed by atoms with Gasteiger partial charge in [0.05, 0.1) is 31.0 Å². The van der Waals surface area contributed by atoms with Crippen LogP contribution in [0.1, 0.15) is 24.0 Å². The fourth-order valence-electron chi connectivity index (χ4n) is 5.12. The molecule has 1 aliphatic heterocycles. The molecule has 5 atom stereocenters. The number of fused-ring (bicyclic) bond motifs is 3. The van der Waals surface area contributed by atoms with E-state index >= 15 is 0 Å². The summed E-state index contributed by atoms with van der Waals surface area (Å²) in [5, 5.41) is 33.9. The number of nitrogens with zero attached hydrogens (tertiary/aromatic N) is 1. The Balaban J connectivity index is 2.06. The van der Waals surface area contributed by atoms with Gasteiger partial charge in [-0.2, -0.15) is 0 Å². The first-order chi connectivity index (χ1) is 15.7. The average Bonchev–Trinajstić information content (AvgIpc) is 3.21. The van der Waals surface area contributed by atoms with Crippen molar-refractivity contribution in [3.63, 3.8) is 0 Å². The van der Waals surface area contributed by atoms with Crippen LogP contribution in [0.25, 0.3) is 0 Å². The molecular weight excluding hydrogens is 490 g/mol. The molecule has 1 aromatic heterocycles.